The molecule has 0 aliphatic rings. The monoisotopic (exact) mass is 176 g/mol. The summed E-state index contributed by atoms with van der Waals surface area (Å²) in [7, 11) is 2.57. The van der Waals surface area contributed by atoms with Crippen LogP contribution in [0, 0.1) is 5.92 Å². The average Bonchev–Trinajstić information content (AvgIpc) is 1.98. The molecule has 0 rings (SSSR count). The predicted molar refractivity (Wildman–Crippen MR) is 39.6 cm³/mol. The van der Waals surface area contributed by atoms with Crippen LogP contribution in [-0.4, -0.2) is 37.4 Å². The third-order valence-electron chi connectivity index (χ3n) is 1.44. The largest absolute Gasteiger partial charge is 0.481 e. The molecule has 0 aromatic rings. The van der Waals surface area contributed by atoms with Gasteiger partial charge in [-0.25, -0.2) is 0 Å². The Morgan fingerprint density at radius 2 is 1.67 bits per heavy atom. The highest BCUT2D eigenvalue weighted by atomic mass is 16.7. The molecule has 1 N–H and O–H groups in total. The van der Waals surface area contributed by atoms with Gasteiger partial charge in [-0.3, -0.25) is 9.59 Å². The van der Waals surface area contributed by atoms with E-state index >= 15 is 0 Å². The zero-order valence-electron chi connectivity index (χ0n) is 7.23. The normalized spacial score (nSPS) is 13.0. The molecular weight excluding hydrogens is 164 g/mol. The molecule has 0 saturated carbocycles. The second kappa shape index (κ2) is 4.84. The molecule has 0 aliphatic carbocycles. The van der Waals surface area contributed by atoms with Gasteiger partial charge >= 0.3 is 5.97 Å². The molecule has 0 aromatic heterocycles. The molecule has 0 radical (unpaired) electrons. The smallest absolute Gasteiger partial charge is 0.319 e. The molecule has 0 fully saturated rings. The summed E-state index contributed by atoms with van der Waals surface area (Å²) in [6.07, 6.45) is -1.01. The van der Waals surface area contributed by atoms with Gasteiger partial charge < -0.3 is 14.6 Å². The molecule has 12 heavy (non-hydrogen) atoms. The van der Waals surface area contributed by atoms with Crippen LogP contribution in [0.2, 0.25) is 0 Å². The molecule has 5 nitrogen and oxygen atoms in total. The van der Waals surface area contributed by atoms with E-state index in [0.29, 0.717) is 0 Å². The minimum absolute atomic E-state index is 0.490. The number of ketones is 1. The number of rotatable bonds is 5. The van der Waals surface area contributed by atoms with E-state index in [1.807, 2.05) is 0 Å². The lowest BCUT2D eigenvalue weighted by molar-refractivity contribution is -0.175. The fraction of sp³-hybridized carbons (Fsp3) is 0.714. The highest BCUT2D eigenvalue weighted by molar-refractivity contribution is 5.97. The van der Waals surface area contributed by atoms with E-state index in [1.165, 1.54) is 21.1 Å². The molecule has 0 heterocycles. The third kappa shape index (κ3) is 2.60. The van der Waals surface area contributed by atoms with Crippen molar-refractivity contribution in [1.29, 1.82) is 0 Å². The number of hydrogen-bond donors (Lipinski definition) is 1. The zero-order chi connectivity index (χ0) is 9.72. The van der Waals surface area contributed by atoms with E-state index in [4.69, 9.17) is 5.11 Å². The Hall–Kier alpha value is -0.940. The number of carboxylic acids is 1. The van der Waals surface area contributed by atoms with Crippen LogP contribution < -0.4 is 0 Å². The maximum absolute atomic E-state index is 10.8. The summed E-state index contributed by atoms with van der Waals surface area (Å²) in [5, 5.41) is 8.60. The maximum atomic E-state index is 10.8. The van der Waals surface area contributed by atoms with Gasteiger partial charge in [-0.1, -0.05) is 0 Å². The highest BCUT2D eigenvalue weighted by Crippen LogP contribution is 2.09. The SMILES string of the molecule is COC(OC)C(C(C)=O)C(=O)O. The van der Waals surface area contributed by atoms with Gasteiger partial charge in [0.1, 0.15) is 5.78 Å². The van der Waals surface area contributed by atoms with Gasteiger partial charge in [-0.05, 0) is 6.92 Å². The molecular formula is C7H12O5. The lowest BCUT2D eigenvalue weighted by atomic mass is 10.1. The average molecular weight is 176 g/mol. The summed E-state index contributed by atoms with van der Waals surface area (Å²) >= 11 is 0. The second-order valence-electron chi connectivity index (χ2n) is 2.27. The van der Waals surface area contributed by atoms with Crippen molar-refractivity contribution in [1.82, 2.24) is 0 Å². The van der Waals surface area contributed by atoms with Crippen molar-refractivity contribution >= 4 is 11.8 Å². The number of hydrogen-bond acceptors (Lipinski definition) is 4. The minimum Gasteiger partial charge on any atom is -0.481 e. The Kier molecular flexibility index (Phi) is 4.46. The molecule has 1 atom stereocenters. The lowest BCUT2D eigenvalue weighted by Crippen LogP contribution is -2.36. The van der Waals surface area contributed by atoms with E-state index in [-0.39, 0.29) is 0 Å². The van der Waals surface area contributed by atoms with Crippen molar-refractivity contribution in [2.24, 2.45) is 5.92 Å². The van der Waals surface area contributed by atoms with Crippen LogP contribution in [0.5, 0.6) is 0 Å². The second-order valence-corrected chi connectivity index (χ2v) is 2.27. The van der Waals surface area contributed by atoms with E-state index < -0.39 is 24.0 Å². The van der Waals surface area contributed by atoms with Crippen LogP contribution >= 0.6 is 0 Å². The quantitative estimate of drug-likeness (QED) is 0.467. The number of aliphatic carboxylic acids is 1. The van der Waals surface area contributed by atoms with Crippen LogP contribution in [-0.2, 0) is 19.1 Å². The summed E-state index contributed by atoms with van der Waals surface area (Å²) in [6.45, 7) is 1.18. The van der Waals surface area contributed by atoms with Crippen molar-refractivity contribution in [3.05, 3.63) is 0 Å². The Labute approximate surface area is 70.3 Å². The molecule has 1 unspecified atom stereocenters. The van der Waals surface area contributed by atoms with Gasteiger partial charge in [-0.2, -0.15) is 0 Å². The predicted octanol–water partition coefficient (Wildman–Crippen LogP) is -0.105. The van der Waals surface area contributed by atoms with Crippen molar-refractivity contribution in [3.63, 3.8) is 0 Å². The van der Waals surface area contributed by atoms with Gasteiger partial charge in [0.05, 0.1) is 0 Å². The first-order chi connectivity index (χ1) is 5.54. The summed E-state index contributed by atoms with van der Waals surface area (Å²) < 4.78 is 9.32. The fourth-order valence-electron chi connectivity index (χ4n) is 0.850. The summed E-state index contributed by atoms with van der Waals surface area (Å²) in [6, 6.07) is 0. The van der Waals surface area contributed by atoms with Gasteiger partial charge in [0.25, 0.3) is 0 Å². The van der Waals surface area contributed by atoms with E-state index in [2.05, 4.69) is 9.47 Å². The molecule has 0 aromatic carbocycles. The van der Waals surface area contributed by atoms with Crippen LogP contribution in [0.25, 0.3) is 0 Å². The number of carbonyl (C=O) groups excluding carboxylic acids is 1. The van der Waals surface area contributed by atoms with Crippen LogP contribution in [0.1, 0.15) is 6.92 Å². The first-order valence-electron chi connectivity index (χ1n) is 3.33. The summed E-state index contributed by atoms with van der Waals surface area (Å²) in [5.41, 5.74) is 0. The minimum atomic E-state index is -1.25. The van der Waals surface area contributed by atoms with Crippen molar-refractivity contribution < 1.29 is 24.2 Å². The first-order valence-corrected chi connectivity index (χ1v) is 3.33. The summed E-state index contributed by atoms with van der Waals surface area (Å²) in [5.74, 6) is -2.98. The molecule has 0 saturated heterocycles. The number of ether oxygens (including phenoxy) is 2. The molecule has 0 spiro atoms. The molecule has 0 bridgehead atoms. The lowest BCUT2D eigenvalue weighted by Gasteiger charge is -2.18. The molecule has 0 amide bonds. The van der Waals surface area contributed by atoms with Crippen LogP contribution in [0.3, 0.4) is 0 Å². The standard InChI is InChI=1S/C7H12O5/c1-4(8)5(6(9)10)7(11-2)12-3/h5,7H,1-3H3,(H,9,10). The maximum Gasteiger partial charge on any atom is 0.319 e. The third-order valence-corrected chi connectivity index (χ3v) is 1.44. The molecule has 5 heteroatoms. The van der Waals surface area contributed by atoms with Gasteiger partial charge in [0, 0.05) is 14.2 Å². The van der Waals surface area contributed by atoms with E-state index in [1.54, 1.807) is 0 Å². The number of methoxy groups -OCH3 is 2. The highest BCUT2D eigenvalue weighted by Gasteiger charge is 2.32. The molecule has 70 valence electrons. The van der Waals surface area contributed by atoms with Crippen LogP contribution in [0.15, 0.2) is 0 Å². The molecule has 0 aliphatic heterocycles. The summed E-state index contributed by atoms with van der Waals surface area (Å²) in [4.78, 5) is 21.3. The van der Waals surface area contributed by atoms with Crippen LogP contribution in [0.4, 0.5) is 0 Å². The topological polar surface area (TPSA) is 72.8 Å². The Morgan fingerprint density at radius 1 is 1.25 bits per heavy atom. The number of carbonyl (C=O) groups is 2. The van der Waals surface area contributed by atoms with Crippen molar-refractivity contribution in [2.45, 2.75) is 13.2 Å². The Bertz CT molecular complexity index is 159. The van der Waals surface area contributed by atoms with Gasteiger partial charge in [0.2, 0.25) is 0 Å². The van der Waals surface area contributed by atoms with E-state index in [9.17, 15) is 9.59 Å². The Morgan fingerprint density at radius 3 is 1.75 bits per heavy atom. The van der Waals surface area contributed by atoms with Gasteiger partial charge in [0.15, 0.2) is 12.2 Å². The zero-order valence-corrected chi connectivity index (χ0v) is 7.23. The van der Waals surface area contributed by atoms with Gasteiger partial charge in [-0.15, -0.1) is 0 Å². The first kappa shape index (κ1) is 11.1. The number of Topliss-reactive ketones (excluding diaryl/α,β-unsaturated/α-hetero) is 1. The number of carboxylic acid groups (broad SMARTS) is 1. The Balaban J connectivity index is 4.47. The van der Waals surface area contributed by atoms with Crippen molar-refractivity contribution in [2.75, 3.05) is 14.2 Å². The van der Waals surface area contributed by atoms with Crippen molar-refractivity contribution in [3.8, 4) is 0 Å². The fourth-order valence-corrected chi connectivity index (χ4v) is 0.850. The van der Waals surface area contributed by atoms with E-state index in [0.717, 1.165) is 0 Å².